The van der Waals surface area contributed by atoms with Crippen LogP contribution in [0.1, 0.15) is 21.5 Å². The Morgan fingerprint density at radius 1 is 0.914 bits per heavy atom. The number of hydrogen-bond donors (Lipinski definition) is 2. The Hall–Kier alpha value is -3.78. The second-order valence-corrected chi connectivity index (χ2v) is 8.60. The van der Waals surface area contributed by atoms with Crippen LogP contribution < -0.4 is 20.3 Å². The fourth-order valence-corrected chi connectivity index (χ4v) is 3.99. The third-order valence-electron chi connectivity index (χ3n) is 5.87. The highest BCUT2D eigenvalue weighted by atomic mass is 35.5. The van der Waals surface area contributed by atoms with Gasteiger partial charge in [0.15, 0.2) is 0 Å². The molecule has 182 valence electrons. The molecule has 1 saturated heterocycles. The number of carbonyl (C=O) groups excluding carboxylic acids is 2. The Bertz CT molecular complexity index is 1150. The van der Waals surface area contributed by atoms with Crippen molar-refractivity contribution in [2.24, 2.45) is 0 Å². The molecule has 0 radical (unpaired) electrons. The first-order chi connectivity index (χ1) is 17.0. The number of ether oxygens (including phenoxy) is 1. The molecule has 2 heterocycles. The van der Waals surface area contributed by atoms with Crippen molar-refractivity contribution in [2.45, 2.75) is 13.1 Å². The number of methoxy groups -OCH3 is 1. The lowest BCUT2D eigenvalue weighted by Gasteiger charge is -2.36. The van der Waals surface area contributed by atoms with Crippen LogP contribution in [-0.4, -0.2) is 55.1 Å². The molecule has 1 aliphatic heterocycles. The number of amides is 3. The molecule has 4 rings (SSSR count). The molecule has 35 heavy (non-hydrogen) atoms. The number of carbonyl (C=O) groups is 2. The molecule has 0 aliphatic carbocycles. The number of aromatic nitrogens is 1. The molecule has 0 bridgehead atoms. The topological polar surface area (TPSA) is 86.8 Å². The average molecular weight is 494 g/mol. The van der Waals surface area contributed by atoms with Gasteiger partial charge in [0.05, 0.1) is 12.7 Å². The lowest BCUT2D eigenvalue weighted by atomic mass is 10.2. The Kier molecular flexibility index (Phi) is 8.05. The quantitative estimate of drug-likeness (QED) is 0.524. The first-order valence-electron chi connectivity index (χ1n) is 11.4. The molecule has 0 saturated carbocycles. The number of rotatable bonds is 7. The van der Waals surface area contributed by atoms with Crippen molar-refractivity contribution in [3.63, 3.8) is 0 Å². The van der Waals surface area contributed by atoms with Crippen molar-refractivity contribution in [1.82, 2.24) is 20.5 Å². The van der Waals surface area contributed by atoms with Gasteiger partial charge in [-0.25, -0.2) is 9.78 Å². The van der Waals surface area contributed by atoms with E-state index in [0.29, 0.717) is 55.7 Å². The molecule has 0 atom stereocenters. The number of benzene rings is 2. The molecule has 9 heteroatoms. The molecule has 0 unspecified atom stereocenters. The zero-order valence-corrected chi connectivity index (χ0v) is 20.3. The summed E-state index contributed by atoms with van der Waals surface area (Å²) in [5, 5.41) is 6.58. The van der Waals surface area contributed by atoms with Crippen molar-refractivity contribution >= 4 is 29.4 Å². The highest BCUT2D eigenvalue weighted by Gasteiger charge is 2.24. The predicted molar refractivity (Wildman–Crippen MR) is 136 cm³/mol. The highest BCUT2D eigenvalue weighted by Crippen LogP contribution is 2.20. The number of nitrogens with one attached hydrogen (secondary N) is 2. The minimum atomic E-state index is -0.188. The summed E-state index contributed by atoms with van der Waals surface area (Å²) in [6.45, 7) is 3.09. The maximum Gasteiger partial charge on any atom is 0.317 e. The van der Waals surface area contributed by atoms with Crippen molar-refractivity contribution in [3.8, 4) is 5.75 Å². The van der Waals surface area contributed by atoms with E-state index in [1.807, 2.05) is 41.3 Å². The van der Waals surface area contributed by atoms with Crippen molar-refractivity contribution in [2.75, 3.05) is 38.2 Å². The summed E-state index contributed by atoms with van der Waals surface area (Å²) in [5.41, 5.74) is 2.48. The van der Waals surface area contributed by atoms with Crippen molar-refractivity contribution in [1.29, 1.82) is 0 Å². The maximum atomic E-state index is 12.9. The van der Waals surface area contributed by atoms with Gasteiger partial charge in [-0.3, -0.25) is 4.79 Å². The highest BCUT2D eigenvalue weighted by molar-refractivity contribution is 6.30. The van der Waals surface area contributed by atoms with Crippen LogP contribution >= 0.6 is 11.6 Å². The lowest BCUT2D eigenvalue weighted by molar-refractivity contribution is 0.0950. The Labute approximate surface area is 209 Å². The fraction of sp³-hybridized carbons (Fsp3) is 0.269. The number of nitrogens with zero attached hydrogens (tertiary/aromatic N) is 3. The predicted octanol–water partition coefficient (Wildman–Crippen LogP) is 3.71. The molecular weight excluding hydrogens is 466 g/mol. The van der Waals surface area contributed by atoms with E-state index in [-0.39, 0.29) is 11.9 Å². The van der Waals surface area contributed by atoms with E-state index < -0.39 is 0 Å². The first kappa shape index (κ1) is 24.3. The number of anilines is 1. The third kappa shape index (κ3) is 6.42. The van der Waals surface area contributed by atoms with E-state index in [9.17, 15) is 9.59 Å². The van der Waals surface area contributed by atoms with Gasteiger partial charge in [-0.15, -0.1) is 0 Å². The minimum absolute atomic E-state index is 0.113. The van der Waals surface area contributed by atoms with Gasteiger partial charge in [0.25, 0.3) is 5.91 Å². The van der Waals surface area contributed by atoms with E-state index in [1.54, 1.807) is 42.5 Å². The molecular formula is C26H28ClN5O3. The molecule has 0 spiro atoms. The van der Waals surface area contributed by atoms with Gasteiger partial charge >= 0.3 is 6.03 Å². The number of pyridine rings is 1. The van der Waals surface area contributed by atoms with Crippen LogP contribution in [0.2, 0.25) is 5.02 Å². The smallest absolute Gasteiger partial charge is 0.317 e. The Balaban J connectivity index is 1.31. The monoisotopic (exact) mass is 493 g/mol. The molecule has 1 aromatic heterocycles. The molecule has 8 nitrogen and oxygen atoms in total. The fourth-order valence-electron chi connectivity index (χ4n) is 3.86. The Morgan fingerprint density at radius 3 is 2.20 bits per heavy atom. The Morgan fingerprint density at radius 2 is 1.54 bits per heavy atom. The largest absolute Gasteiger partial charge is 0.497 e. The van der Waals surface area contributed by atoms with Crippen LogP contribution in [0, 0.1) is 0 Å². The summed E-state index contributed by atoms with van der Waals surface area (Å²) in [6, 6.07) is 18.4. The van der Waals surface area contributed by atoms with Crippen LogP contribution in [0.15, 0.2) is 66.9 Å². The summed E-state index contributed by atoms with van der Waals surface area (Å²) < 4.78 is 5.17. The summed E-state index contributed by atoms with van der Waals surface area (Å²) in [4.78, 5) is 33.8. The summed E-state index contributed by atoms with van der Waals surface area (Å²) in [7, 11) is 1.62. The van der Waals surface area contributed by atoms with Crippen LogP contribution in [0.4, 0.5) is 10.6 Å². The number of urea groups is 1. The van der Waals surface area contributed by atoms with Crippen molar-refractivity contribution in [3.05, 3.63) is 88.6 Å². The molecule has 1 aliphatic rings. The summed E-state index contributed by atoms with van der Waals surface area (Å²) in [5.74, 6) is 1.21. The van der Waals surface area contributed by atoms with Crippen molar-refractivity contribution < 1.29 is 14.3 Å². The van der Waals surface area contributed by atoms with E-state index in [1.165, 1.54) is 0 Å². The summed E-state index contributed by atoms with van der Waals surface area (Å²) in [6.07, 6.45) is 1.68. The lowest BCUT2D eigenvalue weighted by Crippen LogP contribution is -2.52. The second kappa shape index (κ2) is 11.6. The second-order valence-electron chi connectivity index (χ2n) is 8.16. The van der Waals surface area contributed by atoms with E-state index in [0.717, 1.165) is 16.9 Å². The van der Waals surface area contributed by atoms with Crippen LogP contribution in [0.25, 0.3) is 0 Å². The van der Waals surface area contributed by atoms with Gasteiger partial charge in [0.1, 0.15) is 11.6 Å². The molecule has 3 amide bonds. The van der Waals surface area contributed by atoms with Gasteiger partial charge in [0, 0.05) is 50.5 Å². The minimum Gasteiger partial charge on any atom is -0.497 e. The average Bonchev–Trinajstić information content (AvgIpc) is 2.91. The zero-order valence-electron chi connectivity index (χ0n) is 19.5. The molecule has 1 fully saturated rings. The SMILES string of the molecule is COc1ccc(CNC(=O)c2cccnc2N2CCN(C(=O)NCc3ccc(Cl)cc3)CC2)cc1. The van der Waals surface area contributed by atoms with E-state index in [4.69, 9.17) is 16.3 Å². The normalized spacial score (nSPS) is 13.3. The van der Waals surface area contributed by atoms with E-state index in [2.05, 4.69) is 15.6 Å². The summed E-state index contributed by atoms with van der Waals surface area (Å²) >= 11 is 5.91. The third-order valence-corrected chi connectivity index (χ3v) is 6.12. The zero-order chi connectivity index (χ0) is 24.6. The van der Waals surface area contributed by atoms with Gasteiger partial charge in [-0.1, -0.05) is 35.9 Å². The molecule has 3 aromatic rings. The maximum absolute atomic E-state index is 12.9. The van der Waals surface area contributed by atoms with Gasteiger partial charge in [-0.05, 0) is 47.5 Å². The standard InChI is InChI=1S/C26H28ClN5O3/c1-35-22-10-6-20(7-11-22)17-29-25(33)23-3-2-12-28-24(23)31-13-15-32(16-14-31)26(34)30-18-19-4-8-21(27)9-5-19/h2-12H,13-18H2,1H3,(H,29,33)(H,30,34). The number of halogens is 1. The van der Waals surface area contributed by atoms with Gasteiger partial charge in [-0.2, -0.15) is 0 Å². The first-order valence-corrected chi connectivity index (χ1v) is 11.8. The van der Waals surface area contributed by atoms with Crippen LogP contribution in [0.5, 0.6) is 5.75 Å². The number of hydrogen-bond acceptors (Lipinski definition) is 5. The van der Waals surface area contributed by atoms with Gasteiger partial charge < -0.3 is 25.2 Å². The van der Waals surface area contributed by atoms with E-state index >= 15 is 0 Å². The van der Waals surface area contributed by atoms with Crippen LogP contribution in [0.3, 0.4) is 0 Å². The molecule has 2 N–H and O–H groups in total. The number of piperazine rings is 1. The van der Waals surface area contributed by atoms with Crippen LogP contribution in [-0.2, 0) is 13.1 Å². The van der Waals surface area contributed by atoms with Gasteiger partial charge in [0.2, 0.25) is 0 Å². The molecule has 2 aromatic carbocycles.